The highest BCUT2D eigenvalue weighted by Crippen LogP contribution is 2.23. The molecule has 0 saturated heterocycles. The first-order chi connectivity index (χ1) is 12.1. The molecule has 8 nitrogen and oxygen atoms in total. The normalized spacial score (nSPS) is 11.1. The summed E-state index contributed by atoms with van der Waals surface area (Å²) in [7, 11) is 1.52. The smallest absolute Gasteiger partial charge is 0.437 e. The van der Waals surface area contributed by atoms with Crippen LogP contribution in [0.4, 0.5) is 0 Å². The van der Waals surface area contributed by atoms with Crippen LogP contribution in [0.5, 0.6) is 5.75 Å². The van der Waals surface area contributed by atoms with Gasteiger partial charge in [-0.2, -0.15) is 4.68 Å². The lowest BCUT2D eigenvalue weighted by atomic mass is 10.1. The summed E-state index contributed by atoms with van der Waals surface area (Å²) in [5.41, 5.74) is 0.415. The topological polar surface area (TPSA) is 101 Å². The van der Waals surface area contributed by atoms with Crippen LogP contribution in [0.3, 0.4) is 0 Å². The number of aromatic nitrogens is 2. The van der Waals surface area contributed by atoms with E-state index in [1.165, 1.54) is 19.4 Å². The van der Waals surface area contributed by atoms with Crippen molar-refractivity contribution < 1.29 is 18.0 Å². The molecule has 0 N–H and O–H groups in total. The number of ether oxygens (including phenoxy) is 1. The van der Waals surface area contributed by atoms with Gasteiger partial charge in [0.25, 0.3) is 5.89 Å². The van der Waals surface area contributed by atoms with E-state index in [-0.39, 0.29) is 12.4 Å². The number of nitrogens with zero attached hydrogens (tertiary/aromatic N) is 2. The van der Waals surface area contributed by atoms with E-state index in [4.69, 9.17) is 18.0 Å². The average Bonchev–Trinajstić information content (AvgIpc) is 3.24. The van der Waals surface area contributed by atoms with Crippen molar-refractivity contribution in [3.63, 3.8) is 0 Å². The van der Waals surface area contributed by atoms with E-state index < -0.39 is 11.4 Å². The van der Waals surface area contributed by atoms with Crippen molar-refractivity contribution in [1.29, 1.82) is 0 Å². The van der Waals surface area contributed by atoms with Crippen LogP contribution in [0, 0.1) is 0 Å². The highest BCUT2D eigenvalue weighted by molar-refractivity contribution is 5.81. The molecular formula is C17H12N2O6. The molecule has 0 fully saturated rings. The van der Waals surface area contributed by atoms with E-state index in [1.54, 1.807) is 30.3 Å². The zero-order valence-electron chi connectivity index (χ0n) is 13.1. The van der Waals surface area contributed by atoms with Gasteiger partial charge >= 0.3 is 11.4 Å². The number of fused-ring (bicyclic) bond motifs is 1. The molecule has 0 aliphatic rings. The number of rotatable bonds is 4. The largest absolute Gasteiger partial charge is 0.497 e. The molecular weight excluding hydrogens is 328 g/mol. The molecule has 25 heavy (non-hydrogen) atoms. The maximum atomic E-state index is 12.0. The Morgan fingerprint density at radius 3 is 2.80 bits per heavy atom. The molecule has 1 aromatic carbocycles. The lowest BCUT2D eigenvalue weighted by molar-refractivity contribution is 0.414. The summed E-state index contributed by atoms with van der Waals surface area (Å²) >= 11 is 0. The second-order valence-corrected chi connectivity index (χ2v) is 5.26. The van der Waals surface area contributed by atoms with Crippen molar-refractivity contribution in [2.45, 2.75) is 6.54 Å². The van der Waals surface area contributed by atoms with Crippen LogP contribution >= 0.6 is 0 Å². The zero-order valence-corrected chi connectivity index (χ0v) is 13.1. The zero-order chi connectivity index (χ0) is 17.4. The Hall–Kier alpha value is -3.55. The van der Waals surface area contributed by atoms with Gasteiger partial charge in [0, 0.05) is 17.5 Å². The molecule has 0 radical (unpaired) electrons. The van der Waals surface area contributed by atoms with Crippen molar-refractivity contribution in [2.75, 3.05) is 7.11 Å². The molecule has 0 atom stereocenters. The summed E-state index contributed by atoms with van der Waals surface area (Å²) in [6, 6.07) is 9.73. The van der Waals surface area contributed by atoms with E-state index in [1.807, 2.05) is 0 Å². The van der Waals surface area contributed by atoms with E-state index in [0.717, 1.165) is 4.68 Å². The SMILES string of the molecule is COc1ccc2c(Cn3nc(-c4ccco4)oc3=O)cc(=O)oc2c1. The van der Waals surface area contributed by atoms with Crippen molar-refractivity contribution in [1.82, 2.24) is 9.78 Å². The van der Waals surface area contributed by atoms with Gasteiger partial charge in [-0.1, -0.05) is 0 Å². The molecule has 0 saturated carbocycles. The average molecular weight is 340 g/mol. The van der Waals surface area contributed by atoms with Gasteiger partial charge in [-0.25, -0.2) is 9.59 Å². The third-order valence-electron chi connectivity index (χ3n) is 3.70. The monoisotopic (exact) mass is 340 g/mol. The fraction of sp³-hybridized carbons (Fsp3) is 0.118. The summed E-state index contributed by atoms with van der Waals surface area (Å²) in [6.07, 6.45) is 1.46. The molecule has 126 valence electrons. The Kier molecular flexibility index (Phi) is 3.50. The van der Waals surface area contributed by atoms with Crippen LogP contribution in [0.2, 0.25) is 0 Å². The fourth-order valence-electron chi connectivity index (χ4n) is 2.54. The van der Waals surface area contributed by atoms with Crippen molar-refractivity contribution in [3.8, 4) is 17.4 Å². The Labute approximate surface area is 139 Å². The predicted octanol–water partition coefficient (Wildman–Crippen LogP) is 2.26. The fourth-order valence-corrected chi connectivity index (χ4v) is 2.54. The van der Waals surface area contributed by atoms with Crippen LogP contribution in [0.25, 0.3) is 22.6 Å². The van der Waals surface area contributed by atoms with Crippen molar-refractivity contribution >= 4 is 11.0 Å². The van der Waals surface area contributed by atoms with E-state index in [2.05, 4.69) is 5.10 Å². The highest BCUT2D eigenvalue weighted by Gasteiger charge is 2.15. The third kappa shape index (κ3) is 2.74. The van der Waals surface area contributed by atoms with Gasteiger partial charge in [-0.05, 0) is 29.8 Å². The molecule has 4 rings (SSSR count). The summed E-state index contributed by atoms with van der Waals surface area (Å²) in [5.74, 6) is 0.328. The molecule has 0 unspecified atom stereocenters. The first-order valence-corrected chi connectivity index (χ1v) is 7.36. The van der Waals surface area contributed by atoms with Gasteiger partial charge in [0.2, 0.25) is 0 Å². The predicted molar refractivity (Wildman–Crippen MR) is 86.6 cm³/mol. The summed E-state index contributed by atoms with van der Waals surface area (Å²) in [4.78, 5) is 23.8. The van der Waals surface area contributed by atoms with Crippen LogP contribution in [0.15, 0.2) is 65.5 Å². The molecule has 3 heterocycles. The lowest BCUT2D eigenvalue weighted by Crippen LogP contribution is -2.17. The molecule has 8 heteroatoms. The third-order valence-corrected chi connectivity index (χ3v) is 3.70. The minimum Gasteiger partial charge on any atom is -0.497 e. The second kappa shape index (κ2) is 5.82. The molecule has 0 bridgehead atoms. The Balaban J connectivity index is 1.79. The van der Waals surface area contributed by atoms with Crippen molar-refractivity contribution in [3.05, 3.63) is 69.2 Å². The van der Waals surface area contributed by atoms with E-state index in [0.29, 0.717) is 28.0 Å². The molecule has 0 spiro atoms. The second-order valence-electron chi connectivity index (χ2n) is 5.26. The van der Waals surface area contributed by atoms with Gasteiger partial charge in [0.15, 0.2) is 5.76 Å². The number of furan rings is 1. The Morgan fingerprint density at radius 2 is 2.04 bits per heavy atom. The maximum absolute atomic E-state index is 12.0. The van der Waals surface area contributed by atoms with Gasteiger partial charge in [-0.15, -0.1) is 5.10 Å². The summed E-state index contributed by atoms with van der Waals surface area (Å²) < 4.78 is 21.7. The summed E-state index contributed by atoms with van der Waals surface area (Å²) in [6.45, 7) is 0.0530. The quantitative estimate of drug-likeness (QED) is 0.525. The minimum atomic E-state index is -0.652. The molecule has 0 amide bonds. The Morgan fingerprint density at radius 1 is 1.16 bits per heavy atom. The highest BCUT2D eigenvalue weighted by atomic mass is 16.5. The standard InChI is InChI=1S/C17H12N2O6/c1-22-11-4-5-12-10(7-15(20)24-14(12)8-11)9-19-17(21)25-16(18-19)13-3-2-6-23-13/h2-8H,9H2,1H3. The number of hydrogen-bond acceptors (Lipinski definition) is 7. The van der Waals surface area contributed by atoms with Crippen LogP contribution in [-0.4, -0.2) is 16.9 Å². The van der Waals surface area contributed by atoms with Crippen molar-refractivity contribution in [2.24, 2.45) is 0 Å². The van der Waals surface area contributed by atoms with Gasteiger partial charge in [0.05, 0.1) is 19.9 Å². The van der Waals surface area contributed by atoms with Crippen LogP contribution in [0.1, 0.15) is 5.56 Å². The first kappa shape index (κ1) is 15.0. The lowest BCUT2D eigenvalue weighted by Gasteiger charge is -2.06. The molecule has 3 aromatic heterocycles. The number of benzene rings is 1. The Bertz CT molecular complexity index is 1150. The van der Waals surface area contributed by atoms with Gasteiger partial charge < -0.3 is 18.0 Å². The number of methoxy groups -OCH3 is 1. The molecule has 0 aliphatic heterocycles. The molecule has 4 aromatic rings. The van der Waals surface area contributed by atoms with Crippen LogP contribution < -0.4 is 16.1 Å². The van der Waals surface area contributed by atoms with Crippen LogP contribution in [-0.2, 0) is 6.54 Å². The summed E-state index contributed by atoms with van der Waals surface area (Å²) in [5, 5.41) is 4.78. The van der Waals surface area contributed by atoms with E-state index >= 15 is 0 Å². The van der Waals surface area contributed by atoms with Gasteiger partial charge in [-0.3, -0.25) is 0 Å². The number of hydrogen-bond donors (Lipinski definition) is 0. The minimum absolute atomic E-state index is 0.0530. The van der Waals surface area contributed by atoms with E-state index in [9.17, 15) is 9.59 Å². The molecule has 0 aliphatic carbocycles. The first-order valence-electron chi connectivity index (χ1n) is 7.36. The van der Waals surface area contributed by atoms with Gasteiger partial charge in [0.1, 0.15) is 11.3 Å². The maximum Gasteiger partial charge on any atom is 0.437 e.